The van der Waals surface area contributed by atoms with Gasteiger partial charge in [0.15, 0.2) is 0 Å². The van der Waals surface area contributed by atoms with Crippen LogP contribution in [-0.2, 0) is 14.3 Å². The molecule has 1 heterocycles. The molecule has 24 heavy (non-hydrogen) atoms. The summed E-state index contributed by atoms with van der Waals surface area (Å²) in [5.74, 6) is 0.873. The van der Waals surface area contributed by atoms with Gasteiger partial charge in [0.1, 0.15) is 12.8 Å². The number of hydrogen-bond donors (Lipinski definition) is 0. The predicted molar refractivity (Wildman–Crippen MR) is 95.1 cm³/mol. The second-order valence-corrected chi connectivity index (χ2v) is 7.30. The van der Waals surface area contributed by atoms with E-state index in [-0.39, 0.29) is 12.0 Å². The molecule has 0 N–H and O–H groups in total. The molecule has 0 radical (unpaired) electrons. The molecule has 1 saturated heterocycles. The van der Waals surface area contributed by atoms with E-state index in [1.807, 2.05) is 13.3 Å². The van der Waals surface area contributed by atoms with Crippen LogP contribution in [0, 0.1) is 5.92 Å². The number of carbonyl (C=O) groups excluding carboxylic acids is 1. The van der Waals surface area contributed by atoms with Gasteiger partial charge >= 0.3 is 0 Å². The van der Waals surface area contributed by atoms with Gasteiger partial charge in [-0.25, -0.2) is 0 Å². The molecule has 1 unspecified atom stereocenters. The van der Waals surface area contributed by atoms with Gasteiger partial charge in [-0.15, -0.1) is 0 Å². The van der Waals surface area contributed by atoms with Crippen LogP contribution in [0.15, 0.2) is 4.99 Å². The number of morpholine rings is 1. The van der Waals surface area contributed by atoms with Crippen LogP contribution in [0.25, 0.3) is 0 Å². The van der Waals surface area contributed by atoms with Gasteiger partial charge in [0, 0.05) is 39.7 Å². The number of nitrogens with zero attached hydrogens (tertiary/aromatic N) is 3. The van der Waals surface area contributed by atoms with Crippen molar-refractivity contribution < 1.29 is 14.3 Å². The first-order valence-electron chi connectivity index (χ1n) is 9.16. The van der Waals surface area contributed by atoms with Crippen molar-refractivity contribution in [3.05, 3.63) is 0 Å². The minimum Gasteiger partial charge on any atom is -0.364 e. The Morgan fingerprint density at radius 2 is 2.04 bits per heavy atom. The lowest BCUT2D eigenvalue weighted by atomic mass is 9.87. The fourth-order valence-corrected chi connectivity index (χ4v) is 3.57. The molecule has 6 nitrogen and oxygen atoms in total. The molecule has 0 spiro atoms. The Bertz CT molecular complexity index is 422. The Morgan fingerprint density at radius 3 is 2.71 bits per heavy atom. The highest BCUT2D eigenvalue weighted by molar-refractivity contribution is 5.81. The van der Waals surface area contributed by atoms with E-state index in [4.69, 9.17) is 9.47 Å². The molecule has 1 saturated carbocycles. The van der Waals surface area contributed by atoms with Crippen LogP contribution in [0.1, 0.15) is 46.0 Å². The number of amides is 1. The average Bonchev–Trinajstić information content (AvgIpc) is 2.56. The molecular weight excluding hydrogens is 306 g/mol. The van der Waals surface area contributed by atoms with Crippen LogP contribution in [0.2, 0.25) is 0 Å². The summed E-state index contributed by atoms with van der Waals surface area (Å²) in [6.07, 6.45) is 7.30. The standard InChI is InChI=1S/C18H33N3O3/c1-14-5-7-16(8-6-14)20(3)12-19-10-9-17-18(22)21(13-23-4)11-15(2)24-17/h12,14-17H,5-11,13H2,1-4H3/b19-12-/t14?,15-,16?,17?/m1/s1. The monoisotopic (exact) mass is 339 g/mol. The second kappa shape index (κ2) is 9.37. The predicted octanol–water partition coefficient (Wildman–Crippen LogP) is 2.14. The number of carbonyl (C=O) groups is 1. The molecular formula is C18H33N3O3. The Labute approximate surface area is 146 Å². The van der Waals surface area contributed by atoms with Gasteiger partial charge in [0.05, 0.1) is 12.4 Å². The summed E-state index contributed by atoms with van der Waals surface area (Å²) in [4.78, 5) is 20.8. The third-order valence-corrected chi connectivity index (χ3v) is 5.09. The summed E-state index contributed by atoms with van der Waals surface area (Å²) in [6, 6.07) is 0.606. The Morgan fingerprint density at radius 1 is 1.33 bits per heavy atom. The largest absolute Gasteiger partial charge is 0.364 e. The second-order valence-electron chi connectivity index (χ2n) is 7.30. The van der Waals surface area contributed by atoms with Gasteiger partial charge in [0.2, 0.25) is 0 Å². The molecule has 2 atom stereocenters. The van der Waals surface area contributed by atoms with Crippen molar-refractivity contribution in [2.24, 2.45) is 10.9 Å². The van der Waals surface area contributed by atoms with Crippen molar-refractivity contribution in [1.82, 2.24) is 9.80 Å². The SMILES string of the molecule is COCN1C[C@@H](C)OC(CC/N=C\N(C)C2CCC(C)CC2)C1=O. The van der Waals surface area contributed by atoms with E-state index in [1.165, 1.54) is 25.7 Å². The molecule has 2 aliphatic rings. The number of hydrogen-bond acceptors (Lipinski definition) is 4. The minimum absolute atomic E-state index is 0.0137. The van der Waals surface area contributed by atoms with E-state index in [0.717, 1.165) is 5.92 Å². The lowest BCUT2D eigenvalue weighted by Gasteiger charge is -2.35. The van der Waals surface area contributed by atoms with Gasteiger partial charge in [0.25, 0.3) is 5.91 Å². The molecule has 1 aliphatic heterocycles. The first-order chi connectivity index (χ1) is 11.5. The highest BCUT2D eigenvalue weighted by Crippen LogP contribution is 2.25. The van der Waals surface area contributed by atoms with Crippen molar-refractivity contribution in [2.45, 2.75) is 64.2 Å². The fraction of sp³-hybridized carbons (Fsp3) is 0.889. The number of methoxy groups -OCH3 is 1. The normalized spacial score (nSPS) is 31.7. The summed E-state index contributed by atoms with van der Waals surface area (Å²) in [7, 11) is 3.71. The van der Waals surface area contributed by atoms with Crippen LogP contribution >= 0.6 is 0 Å². The molecule has 1 amide bonds. The zero-order valence-corrected chi connectivity index (χ0v) is 15.6. The first kappa shape index (κ1) is 19.2. The minimum atomic E-state index is -0.401. The van der Waals surface area contributed by atoms with E-state index >= 15 is 0 Å². The number of rotatable bonds is 7. The molecule has 138 valence electrons. The lowest BCUT2D eigenvalue weighted by molar-refractivity contribution is -0.167. The van der Waals surface area contributed by atoms with Gasteiger partial charge in [-0.2, -0.15) is 0 Å². The Hall–Kier alpha value is -1.14. The maximum absolute atomic E-state index is 12.3. The first-order valence-corrected chi connectivity index (χ1v) is 9.16. The van der Waals surface area contributed by atoms with Gasteiger partial charge in [-0.05, 0) is 38.5 Å². The molecule has 2 rings (SSSR count). The highest BCUT2D eigenvalue weighted by Gasteiger charge is 2.32. The maximum Gasteiger partial charge on any atom is 0.253 e. The Kier molecular flexibility index (Phi) is 7.49. The van der Waals surface area contributed by atoms with Crippen molar-refractivity contribution in [3.63, 3.8) is 0 Å². The topological polar surface area (TPSA) is 54.4 Å². The molecule has 6 heteroatoms. The average molecular weight is 339 g/mol. The number of aliphatic imine (C=N–C) groups is 1. The fourth-order valence-electron chi connectivity index (χ4n) is 3.57. The summed E-state index contributed by atoms with van der Waals surface area (Å²) < 4.78 is 10.9. The Balaban J connectivity index is 1.74. The van der Waals surface area contributed by atoms with E-state index in [9.17, 15) is 4.79 Å². The molecule has 0 aromatic heterocycles. The van der Waals surface area contributed by atoms with Crippen LogP contribution in [0.5, 0.6) is 0 Å². The van der Waals surface area contributed by atoms with Crippen LogP contribution in [-0.4, -0.2) is 74.3 Å². The molecule has 2 fully saturated rings. The van der Waals surface area contributed by atoms with Crippen LogP contribution < -0.4 is 0 Å². The van der Waals surface area contributed by atoms with Crippen molar-refractivity contribution in [2.75, 3.05) is 34.0 Å². The summed E-state index contributed by atoms with van der Waals surface area (Å²) in [5, 5.41) is 0. The van der Waals surface area contributed by atoms with Crippen LogP contribution in [0.4, 0.5) is 0 Å². The van der Waals surface area contributed by atoms with Crippen LogP contribution in [0.3, 0.4) is 0 Å². The van der Waals surface area contributed by atoms with Gasteiger partial charge in [-0.1, -0.05) is 6.92 Å². The highest BCUT2D eigenvalue weighted by atomic mass is 16.5. The van der Waals surface area contributed by atoms with E-state index in [0.29, 0.717) is 32.3 Å². The smallest absolute Gasteiger partial charge is 0.253 e. The lowest BCUT2D eigenvalue weighted by Crippen LogP contribution is -2.51. The van der Waals surface area contributed by atoms with Gasteiger partial charge in [-0.3, -0.25) is 9.79 Å². The van der Waals surface area contributed by atoms with E-state index in [1.54, 1.807) is 12.0 Å². The summed E-state index contributed by atoms with van der Waals surface area (Å²) in [5.41, 5.74) is 0. The summed E-state index contributed by atoms with van der Waals surface area (Å²) >= 11 is 0. The van der Waals surface area contributed by atoms with Crippen molar-refractivity contribution in [1.29, 1.82) is 0 Å². The molecule has 0 aromatic carbocycles. The molecule has 1 aliphatic carbocycles. The molecule has 0 bridgehead atoms. The quantitative estimate of drug-likeness (QED) is 0.527. The van der Waals surface area contributed by atoms with Crippen molar-refractivity contribution in [3.8, 4) is 0 Å². The van der Waals surface area contributed by atoms with Gasteiger partial charge < -0.3 is 19.3 Å². The van der Waals surface area contributed by atoms with E-state index in [2.05, 4.69) is 23.9 Å². The zero-order valence-electron chi connectivity index (χ0n) is 15.6. The third-order valence-electron chi connectivity index (χ3n) is 5.09. The van der Waals surface area contributed by atoms with E-state index < -0.39 is 6.10 Å². The maximum atomic E-state index is 12.3. The zero-order chi connectivity index (χ0) is 17.5. The number of ether oxygens (including phenoxy) is 2. The summed E-state index contributed by atoms with van der Waals surface area (Å²) in [6.45, 7) is 5.85. The van der Waals surface area contributed by atoms with Crippen molar-refractivity contribution >= 4 is 12.2 Å². The third kappa shape index (κ3) is 5.45. The molecule has 0 aromatic rings.